The van der Waals surface area contributed by atoms with Gasteiger partial charge in [0.05, 0.1) is 5.56 Å². The van der Waals surface area contributed by atoms with Gasteiger partial charge in [0, 0.05) is 12.6 Å². The van der Waals surface area contributed by atoms with Gasteiger partial charge in [-0.05, 0) is 49.3 Å². The quantitative estimate of drug-likeness (QED) is 0.828. The molecule has 106 valence electrons. The summed E-state index contributed by atoms with van der Waals surface area (Å²) < 4.78 is 37.4. The third-order valence-corrected chi connectivity index (χ3v) is 4.23. The van der Waals surface area contributed by atoms with Crippen molar-refractivity contribution >= 4 is 0 Å². The maximum atomic E-state index is 12.5. The molecule has 0 aromatic heterocycles. The van der Waals surface area contributed by atoms with Gasteiger partial charge in [0.15, 0.2) is 0 Å². The molecule has 0 saturated heterocycles. The molecule has 0 spiro atoms. The fourth-order valence-corrected chi connectivity index (χ4v) is 2.28. The highest BCUT2D eigenvalue weighted by atomic mass is 19.4. The summed E-state index contributed by atoms with van der Waals surface area (Å²) in [7, 11) is 0. The lowest BCUT2D eigenvalue weighted by atomic mass is 10.0. The molecule has 1 aliphatic carbocycles. The molecule has 19 heavy (non-hydrogen) atoms. The Labute approximate surface area is 112 Å². The van der Waals surface area contributed by atoms with E-state index in [1.165, 1.54) is 19.3 Å². The highest BCUT2D eigenvalue weighted by molar-refractivity contribution is 5.26. The molecule has 0 aliphatic heterocycles. The Morgan fingerprint density at radius 1 is 1.21 bits per heavy atom. The SMILES string of the molecule is CCC1(CNC(C)c2ccc(C(F)(F)F)cc2)CC1. The van der Waals surface area contributed by atoms with Crippen LogP contribution in [0.5, 0.6) is 0 Å². The summed E-state index contributed by atoms with van der Waals surface area (Å²) in [6, 6.07) is 5.52. The van der Waals surface area contributed by atoms with Gasteiger partial charge in [-0.15, -0.1) is 0 Å². The first-order valence-corrected chi connectivity index (χ1v) is 6.77. The maximum Gasteiger partial charge on any atom is 0.416 e. The highest BCUT2D eigenvalue weighted by Crippen LogP contribution is 2.48. The van der Waals surface area contributed by atoms with E-state index >= 15 is 0 Å². The van der Waals surface area contributed by atoms with Crippen LogP contribution in [0.3, 0.4) is 0 Å². The molecule has 1 nitrogen and oxygen atoms in total. The average molecular weight is 271 g/mol. The van der Waals surface area contributed by atoms with E-state index in [1.54, 1.807) is 12.1 Å². The Bertz CT molecular complexity index is 418. The van der Waals surface area contributed by atoms with Crippen LogP contribution in [0, 0.1) is 5.41 Å². The van der Waals surface area contributed by atoms with E-state index in [1.807, 2.05) is 6.92 Å². The van der Waals surface area contributed by atoms with Crippen molar-refractivity contribution < 1.29 is 13.2 Å². The van der Waals surface area contributed by atoms with Crippen LogP contribution >= 0.6 is 0 Å². The molecule has 1 atom stereocenters. The predicted molar refractivity (Wildman–Crippen MR) is 69.8 cm³/mol. The van der Waals surface area contributed by atoms with Gasteiger partial charge in [-0.25, -0.2) is 0 Å². The first-order chi connectivity index (χ1) is 8.86. The second kappa shape index (κ2) is 5.16. The van der Waals surface area contributed by atoms with E-state index in [-0.39, 0.29) is 6.04 Å². The molecule has 1 aromatic rings. The van der Waals surface area contributed by atoms with Crippen LogP contribution in [0.1, 0.15) is 50.3 Å². The molecule has 1 aliphatic rings. The summed E-state index contributed by atoms with van der Waals surface area (Å²) in [5.41, 5.74) is 0.760. The number of nitrogens with one attached hydrogen (secondary N) is 1. The largest absolute Gasteiger partial charge is 0.416 e. The van der Waals surface area contributed by atoms with E-state index in [0.717, 1.165) is 24.2 Å². The van der Waals surface area contributed by atoms with Gasteiger partial charge in [-0.1, -0.05) is 19.1 Å². The molecule has 1 aromatic carbocycles. The van der Waals surface area contributed by atoms with Gasteiger partial charge in [0.1, 0.15) is 0 Å². The second-order valence-corrected chi connectivity index (χ2v) is 5.58. The molecular weight excluding hydrogens is 251 g/mol. The average Bonchev–Trinajstić information content (AvgIpc) is 3.16. The number of hydrogen-bond donors (Lipinski definition) is 1. The Balaban J connectivity index is 1.94. The molecule has 0 amide bonds. The Hall–Kier alpha value is -1.03. The van der Waals surface area contributed by atoms with Crippen molar-refractivity contribution in [1.29, 1.82) is 0 Å². The molecule has 1 unspecified atom stereocenters. The Kier molecular flexibility index (Phi) is 3.90. The Morgan fingerprint density at radius 2 is 1.79 bits per heavy atom. The van der Waals surface area contributed by atoms with Crippen molar-refractivity contribution in [2.75, 3.05) is 6.54 Å². The van der Waals surface area contributed by atoms with Crippen molar-refractivity contribution in [3.8, 4) is 0 Å². The van der Waals surface area contributed by atoms with Crippen molar-refractivity contribution in [3.05, 3.63) is 35.4 Å². The molecular formula is C15H20F3N. The Morgan fingerprint density at radius 3 is 2.21 bits per heavy atom. The number of alkyl halides is 3. The zero-order valence-electron chi connectivity index (χ0n) is 11.3. The summed E-state index contributed by atoms with van der Waals surface area (Å²) in [5.74, 6) is 0. The van der Waals surface area contributed by atoms with Crippen molar-refractivity contribution in [1.82, 2.24) is 5.32 Å². The van der Waals surface area contributed by atoms with E-state index in [0.29, 0.717) is 5.41 Å². The summed E-state index contributed by atoms with van der Waals surface area (Å²) in [5, 5.41) is 3.43. The number of rotatable bonds is 5. The van der Waals surface area contributed by atoms with Crippen molar-refractivity contribution in [3.63, 3.8) is 0 Å². The monoisotopic (exact) mass is 271 g/mol. The zero-order valence-corrected chi connectivity index (χ0v) is 11.3. The minimum atomic E-state index is -4.25. The molecule has 1 fully saturated rings. The van der Waals surface area contributed by atoms with Crippen LogP contribution in [0.2, 0.25) is 0 Å². The first-order valence-electron chi connectivity index (χ1n) is 6.77. The van der Waals surface area contributed by atoms with Gasteiger partial charge in [0.2, 0.25) is 0 Å². The fourth-order valence-electron chi connectivity index (χ4n) is 2.28. The highest BCUT2D eigenvalue weighted by Gasteiger charge is 2.40. The van der Waals surface area contributed by atoms with Crippen LogP contribution in [-0.4, -0.2) is 6.54 Å². The summed E-state index contributed by atoms with van der Waals surface area (Å²) >= 11 is 0. The van der Waals surface area contributed by atoms with Crippen LogP contribution in [0.4, 0.5) is 13.2 Å². The summed E-state index contributed by atoms with van der Waals surface area (Å²) in [6.07, 6.45) is -0.568. The lowest BCUT2D eigenvalue weighted by Crippen LogP contribution is -2.26. The topological polar surface area (TPSA) is 12.0 Å². The van der Waals surface area contributed by atoms with Crippen LogP contribution < -0.4 is 5.32 Å². The smallest absolute Gasteiger partial charge is 0.310 e. The third-order valence-electron chi connectivity index (χ3n) is 4.23. The number of halogens is 3. The minimum Gasteiger partial charge on any atom is -0.310 e. The first kappa shape index (κ1) is 14.4. The molecule has 0 heterocycles. The molecule has 1 N–H and O–H groups in total. The minimum absolute atomic E-state index is 0.0892. The molecule has 4 heteroatoms. The van der Waals surface area contributed by atoms with E-state index in [4.69, 9.17) is 0 Å². The summed E-state index contributed by atoms with van der Waals surface area (Å²) in [4.78, 5) is 0. The van der Waals surface area contributed by atoms with Crippen LogP contribution in [0.25, 0.3) is 0 Å². The standard InChI is InChI=1S/C15H20F3N/c1-3-14(8-9-14)10-19-11(2)12-4-6-13(7-5-12)15(16,17)18/h4-7,11,19H,3,8-10H2,1-2H3. The fraction of sp³-hybridized carbons (Fsp3) is 0.600. The molecule has 2 rings (SSSR count). The van der Waals surface area contributed by atoms with Gasteiger partial charge >= 0.3 is 6.18 Å². The van der Waals surface area contributed by atoms with Crippen molar-refractivity contribution in [2.45, 2.75) is 45.3 Å². The van der Waals surface area contributed by atoms with Crippen molar-refractivity contribution in [2.24, 2.45) is 5.41 Å². The molecule has 0 radical (unpaired) electrons. The third kappa shape index (κ3) is 3.50. The molecule has 1 saturated carbocycles. The predicted octanol–water partition coefficient (Wildman–Crippen LogP) is 4.55. The van der Waals surface area contributed by atoms with Gasteiger partial charge in [0.25, 0.3) is 0 Å². The maximum absolute atomic E-state index is 12.5. The van der Waals surface area contributed by atoms with E-state index < -0.39 is 11.7 Å². The van der Waals surface area contributed by atoms with Gasteiger partial charge in [-0.2, -0.15) is 13.2 Å². The lowest BCUT2D eigenvalue weighted by molar-refractivity contribution is -0.137. The van der Waals surface area contributed by atoms with E-state index in [9.17, 15) is 13.2 Å². The lowest BCUT2D eigenvalue weighted by Gasteiger charge is -2.19. The van der Waals surface area contributed by atoms with Gasteiger partial charge < -0.3 is 5.32 Å². The number of benzene rings is 1. The zero-order chi connectivity index (χ0) is 14.1. The number of hydrogen-bond acceptors (Lipinski definition) is 1. The summed E-state index contributed by atoms with van der Waals surface area (Å²) in [6.45, 7) is 5.14. The normalized spacial score (nSPS) is 19.2. The second-order valence-electron chi connectivity index (χ2n) is 5.58. The van der Waals surface area contributed by atoms with Crippen LogP contribution in [0.15, 0.2) is 24.3 Å². The van der Waals surface area contributed by atoms with Crippen LogP contribution in [-0.2, 0) is 6.18 Å². The van der Waals surface area contributed by atoms with E-state index in [2.05, 4.69) is 12.2 Å². The molecule has 0 bridgehead atoms. The van der Waals surface area contributed by atoms with Gasteiger partial charge in [-0.3, -0.25) is 0 Å².